The van der Waals surface area contributed by atoms with Crippen molar-refractivity contribution in [2.24, 2.45) is 0 Å². The average Bonchev–Trinajstić information content (AvgIpc) is 2.80. The molecule has 2 N–H and O–H groups in total. The van der Waals surface area contributed by atoms with Gasteiger partial charge in [0.1, 0.15) is 22.8 Å². The second-order valence-electron chi connectivity index (χ2n) is 4.19. The Morgan fingerprint density at radius 1 is 1.45 bits per heavy atom. The van der Waals surface area contributed by atoms with E-state index in [0.717, 1.165) is 5.69 Å². The largest absolute Gasteiger partial charge is 0.506 e. The number of ether oxygens (including phenoxy) is 1. The van der Waals surface area contributed by atoms with E-state index in [1.165, 1.54) is 13.2 Å². The molecule has 5 nitrogen and oxygen atoms in total. The Kier molecular flexibility index (Phi) is 4.20. The highest BCUT2D eigenvalue weighted by Crippen LogP contribution is 2.26. The maximum absolute atomic E-state index is 11.5. The van der Waals surface area contributed by atoms with Gasteiger partial charge in [-0.25, -0.2) is 4.79 Å². The molecule has 0 aliphatic rings. The number of carbonyl (C=O) groups excluding carboxylic acids is 1. The molecular weight excluding hydrogens is 282 g/mol. The fourth-order valence-corrected chi connectivity index (χ4v) is 1.93. The highest BCUT2D eigenvalue weighted by atomic mass is 35.5. The molecule has 1 heterocycles. The van der Waals surface area contributed by atoms with E-state index in [-0.39, 0.29) is 10.8 Å². The van der Waals surface area contributed by atoms with Gasteiger partial charge in [0, 0.05) is 5.69 Å². The number of nitrogens with one attached hydrogen (secondary N) is 1. The van der Waals surface area contributed by atoms with Gasteiger partial charge in [-0.3, -0.25) is 0 Å². The molecule has 0 aliphatic heterocycles. The summed E-state index contributed by atoms with van der Waals surface area (Å²) in [6, 6.07) is 6.43. The number of hydrogen-bond donors (Lipinski definition) is 2. The minimum absolute atomic E-state index is 0.0269. The summed E-state index contributed by atoms with van der Waals surface area (Å²) >= 11 is 5.81. The van der Waals surface area contributed by atoms with E-state index in [1.807, 2.05) is 0 Å². The summed E-state index contributed by atoms with van der Waals surface area (Å²) in [5.74, 6) is 0.716. The first-order chi connectivity index (χ1) is 9.51. The number of furan rings is 1. The van der Waals surface area contributed by atoms with Gasteiger partial charge in [-0.05, 0) is 31.2 Å². The van der Waals surface area contributed by atoms with Gasteiger partial charge >= 0.3 is 5.97 Å². The molecule has 0 aliphatic carbocycles. The van der Waals surface area contributed by atoms with Gasteiger partial charge in [-0.2, -0.15) is 0 Å². The summed E-state index contributed by atoms with van der Waals surface area (Å²) in [4.78, 5) is 11.5. The molecule has 0 spiro atoms. The number of aromatic hydroxyl groups is 1. The second kappa shape index (κ2) is 5.88. The van der Waals surface area contributed by atoms with Gasteiger partial charge in [0.25, 0.3) is 0 Å². The molecule has 0 saturated carbocycles. The molecular formula is C14H14ClNO4. The van der Waals surface area contributed by atoms with Gasteiger partial charge in [0.2, 0.25) is 0 Å². The van der Waals surface area contributed by atoms with Crippen LogP contribution in [0.25, 0.3) is 0 Å². The summed E-state index contributed by atoms with van der Waals surface area (Å²) in [6.45, 7) is 2.09. The molecule has 20 heavy (non-hydrogen) atoms. The molecule has 0 unspecified atom stereocenters. The third-order valence-corrected chi connectivity index (χ3v) is 3.09. The van der Waals surface area contributed by atoms with Crippen LogP contribution in [0, 0.1) is 6.92 Å². The SMILES string of the molecule is COC(=O)c1cc(CNc2ccc(O)c(Cl)c2)oc1C. The first-order valence-corrected chi connectivity index (χ1v) is 6.29. The molecule has 0 saturated heterocycles. The van der Waals surface area contributed by atoms with Gasteiger partial charge in [0.05, 0.1) is 18.7 Å². The van der Waals surface area contributed by atoms with Gasteiger partial charge in [0.15, 0.2) is 0 Å². The van der Waals surface area contributed by atoms with Crippen LogP contribution in [0.3, 0.4) is 0 Å². The van der Waals surface area contributed by atoms with Crippen LogP contribution >= 0.6 is 11.6 Å². The van der Waals surface area contributed by atoms with Crippen molar-refractivity contribution in [1.29, 1.82) is 0 Å². The number of rotatable bonds is 4. The predicted molar refractivity (Wildman–Crippen MR) is 75.2 cm³/mol. The zero-order valence-corrected chi connectivity index (χ0v) is 11.8. The van der Waals surface area contributed by atoms with Crippen LogP contribution in [0.15, 0.2) is 28.7 Å². The second-order valence-corrected chi connectivity index (χ2v) is 4.60. The van der Waals surface area contributed by atoms with E-state index in [9.17, 15) is 9.90 Å². The molecule has 0 bridgehead atoms. The fourth-order valence-electron chi connectivity index (χ4n) is 1.75. The molecule has 2 rings (SSSR count). The maximum Gasteiger partial charge on any atom is 0.341 e. The van der Waals surface area contributed by atoms with E-state index in [2.05, 4.69) is 10.1 Å². The van der Waals surface area contributed by atoms with Crippen molar-refractivity contribution in [3.63, 3.8) is 0 Å². The standard InChI is InChI=1S/C14H14ClNO4/c1-8-11(14(18)19-2)6-10(20-8)7-16-9-3-4-13(17)12(15)5-9/h3-6,16-17H,7H2,1-2H3. The van der Waals surface area contributed by atoms with Crippen molar-refractivity contribution in [3.8, 4) is 5.75 Å². The Morgan fingerprint density at radius 2 is 2.20 bits per heavy atom. The topological polar surface area (TPSA) is 71.7 Å². The van der Waals surface area contributed by atoms with E-state index in [4.69, 9.17) is 16.0 Å². The van der Waals surface area contributed by atoms with Crippen LogP contribution in [0.1, 0.15) is 21.9 Å². The molecule has 1 aromatic carbocycles. The van der Waals surface area contributed by atoms with Crippen LogP contribution in [-0.4, -0.2) is 18.2 Å². The smallest absolute Gasteiger partial charge is 0.341 e. The minimum Gasteiger partial charge on any atom is -0.506 e. The van der Waals surface area contributed by atoms with E-state index in [1.54, 1.807) is 25.1 Å². The number of halogens is 1. The Bertz CT molecular complexity index is 636. The Labute approximate surface area is 121 Å². The van der Waals surface area contributed by atoms with Crippen molar-refractivity contribution in [1.82, 2.24) is 0 Å². The van der Waals surface area contributed by atoms with Crippen molar-refractivity contribution in [2.45, 2.75) is 13.5 Å². The molecule has 106 valence electrons. The average molecular weight is 296 g/mol. The normalized spacial score (nSPS) is 10.3. The van der Waals surface area contributed by atoms with Gasteiger partial charge < -0.3 is 19.6 Å². The Morgan fingerprint density at radius 3 is 2.85 bits per heavy atom. The number of carbonyl (C=O) groups is 1. The number of phenolic OH excluding ortho intramolecular Hbond substituents is 1. The Hall–Kier alpha value is -2.14. The zero-order valence-electron chi connectivity index (χ0n) is 11.1. The summed E-state index contributed by atoms with van der Waals surface area (Å²) < 4.78 is 10.1. The maximum atomic E-state index is 11.5. The number of aryl methyl sites for hydroxylation is 1. The number of hydrogen-bond acceptors (Lipinski definition) is 5. The zero-order chi connectivity index (χ0) is 14.7. The lowest BCUT2D eigenvalue weighted by Crippen LogP contribution is -2.01. The van der Waals surface area contributed by atoms with Crippen LogP contribution < -0.4 is 5.32 Å². The van der Waals surface area contributed by atoms with Crippen molar-refractivity contribution in [2.75, 3.05) is 12.4 Å². The molecule has 0 atom stereocenters. The molecule has 2 aromatic rings. The molecule has 6 heteroatoms. The first-order valence-electron chi connectivity index (χ1n) is 5.91. The third-order valence-electron chi connectivity index (χ3n) is 2.79. The van der Waals surface area contributed by atoms with Crippen molar-refractivity contribution < 1.29 is 19.1 Å². The highest BCUT2D eigenvalue weighted by Gasteiger charge is 2.15. The number of esters is 1. The van der Waals surface area contributed by atoms with E-state index in [0.29, 0.717) is 23.6 Å². The monoisotopic (exact) mass is 295 g/mol. The molecule has 1 aromatic heterocycles. The fraction of sp³-hybridized carbons (Fsp3) is 0.214. The van der Waals surface area contributed by atoms with Crippen molar-refractivity contribution in [3.05, 3.63) is 46.4 Å². The number of methoxy groups -OCH3 is 1. The number of anilines is 1. The quantitative estimate of drug-likeness (QED) is 0.668. The molecule has 0 fully saturated rings. The lowest BCUT2D eigenvalue weighted by molar-refractivity contribution is 0.0599. The number of phenols is 1. The lowest BCUT2D eigenvalue weighted by atomic mass is 10.2. The highest BCUT2D eigenvalue weighted by molar-refractivity contribution is 6.32. The summed E-state index contributed by atoms with van der Waals surface area (Å²) in [6.07, 6.45) is 0. The third kappa shape index (κ3) is 3.05. The van der Waals surface area contributed by atoms with Gasteiger partial charge in [-0.1, -0.05) is 11.6 Å². The molecule has 0 amide bonds. The van der Waals surface area contributed by atoms with E-state index >= 15 is 0 Å². The van der Waals surface area contributed by atoms with Crippen LogP contribution in [0.5, 0.6) is 5.75 Å². The summed E-state index contributed by atoms with van der Waals surface area (Å²) in [5.41, 5.74) is 1.15. The first kappa shape index (κ1) is 14.3. The molecule has 0 radical (unpaired) electrons. The van der Waals surface area contributed by atoms with Crippen LogP contribution in [0.2, 0.25) is 5.02 Å². The van der Waals surface area contributed by atoms with Crippen molar-refractivity contribution >= 4 is 23.3 Å². The predicted octanol–water partition coefficient (Wildman–Crippen LogP) is 3.35. The van der Waals surface area contributed by atoms with Crippen LogP contribution in [-0.2, 0) is 11.3 Å². The van der Waals surface area contributed by atoms with Gasteiger partial charge in [-0.15, -0.1) is 0 Å². The Balaban J connectivity index is 2.07. The summed E-state index contributed by atoms with van der Waals surface area (Å²) in [7, 11) is 1.32. The number of benzene rings is 1. The van der Waals surface area contributed by atoms with Crippen LogP contribution in [0.4, 0.5) is 5.69 Å². The lowest BCUT2D eigenvalue weighted by Gasteiger charge is -2.05. The van der Waals surface area contributed by atoms with E-state index < -0.39 is 5.97 Å². The minimum atomic E-state index is -0.426. The summed E-state index contributed by atoms with van der Waals surface area (Å²) in [5, 5.41) is 12.7.